The average molecular weight is 369 g/mol. The van der Waals surface area contributed by atoms with Gasteiger partial charge in [0.05, 0.1) is 17.8 Å². The van der Waals surface area contributed by atoms with Gasteiger partial charge in [-0.1, -0.05) is 12.1 Å². The first-order valence-electron chi connectivity index (χ1n) is 8.74. The molecule has 1 fully saturated rings. The number of amides is 2. The Morgan fingerprint density at radius 1 is 1.07 bits per heavy atom. The van der Waals surface area contributed by atoms with Gasteiger partial charge in [-0.25, -0.2) is 4.79 Å². The molecule has 2 aromatic rings. The molecule has 0 radical (unpaired) electrons. The zero-order valence-corrected chi connectivity index (χ0v) is 14.5. The molecule has 1 saturated heterocycles. The van der Waals surface area contributed by atoms with Crippen molar-refractivity contribution in [2.24, 2.45) is 0 Å². The van der Waals surface area contributed by atoms with E-state index in [0.717, 1.165) is 11.4 Å². The van der Waals surface area contributed by atoms with Crippen LogP contribution in [0, 0.1) is 0 Å². The molecule has 0 aliphatic carbocycles. The lowest BCUT2D eigenvalue weighted by atomic mass is 9.84. The first kappa shape index (κ1) is 17.1. The Labute approximate surface area is 153 Å². The number of anilines is 2. The second-order valence-electron chi connectivity index (χ2n) is 6.86. The molecule has 2 amide bonds. The molecule has 0 saturated carbocycles. The normalized spacial score (nSPS) is 17.8. The van der Waals surface area contributed by atoms with Crippen LogP contribution >= 0.6 is 0 Å². The van der Waals surface area contributed by atoms with Crippen LogP contribution in [0.1, 0.15) is 18.4 Å². The maximum Gasteiger partial charge on any atom is 0.325 e. The number of rotatable bonds is 2. The Bertz CT molecular complexity index is 1020. The van der Waals surface area contributed by atoms with Crippen molar-refractivity contribution in [1.29, 1.82) is 0 Å². The number of carbonyl (C=O) groups excluding carboxylic acids is 2. The van der Waals surface area contributed by atoms with E-state index < -0.39 is 16.8 Å². The average Bonchev–Trinajstić information content (AvgIpc) is 2.65. The lowest BCUT2D eigenvalue weighted by Gasteiger charge is -2.44. The number of nitrogens with one attached hydrogen (secondary N) is 4. The fraction of sp³-hybridized carbons (Fsp3) is 0.333. The van der Waals surface area contributed by atoms with Crippen LogP contribution in [0.5, 0.6) is 0 Å². The third-order valence-corrected chi connectivity index (χ3v) is 5.19. The first-order valence-corrected chi connectivity index (χ1v) is 8.74. The highest BCUT2D eigenvalue weighted by atomic mass is 16.2. The molecule has 27 heavy (non-hydrogen) atoms. The molecule has 0 unspecified atom stereocenters. The first-order chi connectivity index (χ1) is 13.0. The van der Waals surface area contributed by atoms with Gasteiger partial charge in [0.25, 0.3) is 5.56 Å². The number of aromatic nitrogens is 2. The van der Waals surface area contributed by atoms with E-state index in [0.29, 0.717) is 25.9 Å². The number of para-hydroxylation sites is 2. The molecule has 4 N–H and O–H groups in total. The zero-order valence-electron chi connectivity index (χ0n) is 14.5. The number of likely N-dealkylation sites (tertiary alicyclic amines) is 1. The highest BCUT2D eigenvalue weighted by Crippen LogP contribution is 2.36. The number of carbonyl (C=O) groups is 2. The second kappa shape index (κ2) is 6.42. The minimum Gasteiger partial charge on any atom is -0.369 e. The van der Waals surface area contributed by atoms with Crippen molar-refractivity contribution in [1.82, 2.24) is 14.9 Å². The van der Waals surface area contributed by atoms with Gasteiger partial charge in [0, 0.05) is 24.8 Å². The summed E-state index contributed by atoms with van der Waals surface area (Å²) in [6.45, 7) is 0.811. The summed E-state index contributed by atoms with van der Waals surface area (Å²) in [6, 6.07) is 7.51. The number of H-pyrrole nitrogens is 2. The van der Waals surface area contributed by atoms with Crippen molar-refractivity contribution >= 4 is 23.2 Å². The zero-order chi connectivity index (χ0) is 19.0. The van der Waals surface area contributed by atoms with Crippen LogP contribution in [-0.4, -0.2) is 45.3 Å². The van der Waals surface area contributed by atoms with Crippen LogP contribution in [-0.2, 0) is 16.0 Å². The molecule has 2 aliphatic rings. The van der Waals surface area contributed by atoms with Crippen LogP contribution in [0.25, 0.3) is 0 Å². The van der Waals surface area contributed by atoms with Gasteiger partial charge in [-0.2, -0.15) is 0 Å². The molecule has 1 aromatic carbocycles. The lowest BCUT2D eigenvalue weighted by Crippen LogP contribution is -2.59. The molecule has 1 spiro atoms. The Morgan fingerprint density at radius 2 is 1.78 bits per heavy atom. The van der Waals surface area contributed by atoms with Crippen molar-refractivity contribution in [2.45, 2.75) is 24.8 Å². The third kappa shape index (κ3) is 3.12. The standard InChI is InChI=1S/C18H19N5O4/c24-14(9-11-10-19-17(27)21-15(11)25)23-7-5-18(6-8-23)16(26)20-12-3-1-2-4-13(12)22-18/h1-4,10,22H,5-9H2,(H,20,26)(H2,19,21,25,27). The van der Waals surface area contributed by atoms with Gasteiger partial charge in [-0.15, -0.1) is 0 Å². The summed E-state index contributed by atoms with van der Waals surface area (Å²) >= 11 is 0. The summed E-state index contributed by atoms with van der Waals surface area (Å²) in [5.41, 5.74) is -0.0696. The number of hydrogen-bond donors (Lipinski definition) is 4. The Balaban J connectivity index is 1.44. The number of benzene rings is 1. The Hall–Kier alpha value is -3.36. The van der Waals surface area contributed by atoms with E-state index in [1.165, 1.54) is 6.20 Å². The molecular weight excluding hydrogens is 350 g/mol. The van der Waals surface area contributed by atoms with Crippen molar-refractivity contribution in [3.63, 3.8) is 0 Å². The van der Waals surface area contributed by atoms with Gasteiger partial charge in [0.2, 0.25) is 11.8 Å². The summed E-state index contributed by atoms with van der Waals surface area (Å²) in [6.07, 6.45) is 2.11. The van der Waals surface area contributed by atoms with Gasteiger partial charge in [0.15, 0.2) is 0 Å². The quantitative estimate of drug-likeness (QED) is 0.594. The van der Waals surface area contributed by atoms with Crippen LogP contribution in [0.15, 0.2) is 40.1 Å². The predicted molar refractivity (Wildman–Crippen MR) is 98.6 cm³/mol. The molecule has 2 aliphatic heterocycles. The SMILES string of the molecule is O=C(Cc1c[nH]c(=O)[nH]c1=O)N1CCC2(CC1)Nc1ccccc1NC2=O. The van der Waals surface area contributed by atoms with E-state index in [9.17, 15) is 19.2 Å². The highest BCUT2D eigenvalue weighted by Gasteiger charge is 2.44. The van der Waals surface area contributed by atoms with E-state index >= 15 is 0 Å². The van der Waals surface area contributed by atoms with Crippen LogP contribution in [0.4, 0.5) is 11.4 Å². The molecule has 3 heterocycles. The van der Waals surface area contributed by atoms with Crippen molar-refractivity contribution in [2.75, 3.05) is 23.7 Å². The molecule has 4 rings (SSSR count). The maximum absolute atomic E-state index is 12.6. The van der Waals surface area contributed by atoms with Crippen LogP contribution < -0.4 is 21.9 Å². The third-order valence-electron chi connectivity index (χ3n) is 5.19. The lowest BCUT2D eigenvalue weighted by molar-refractivity contribution is -0.134. The minimum absolute atomic E-state index is 0.0922. The molecule has 140 valence electrons. The predicted octanol–water partition coefficient (Wildman–Crippen LogP) is 0.0311. The van der Waals surface area contributed by atoms with E-state index in [1.807, 2.05) is 24.3 Å². The van der Waals surface area contributed by atoms with Crippen molar-refractivity contribution in [3.05, 3.63) is 56.9 Å². The van der Waals surface area contributed by atoms with Crippen LogP contribution in [0.2, 0.25) is 0 Å². The summed E-state index contributed by atoms with van der Waals surface area (Å²) in [5.74, 6) is -0.301. The van der Waals surface area contributed by atoms with Crippen molar-refractivity contribution in [3.8, 4) is 0 Å². The number of fused-ring (bicyclic) bond motifs is 1. The van der Waals surface area contributed by atoms with Gasteiger partial charge in [-0.3, -0.25) is 19.4 Å². The number of aromatic amines is 2. The van der Waals surface area contributed by atoms with Crippen LogP contribution in [0.3, 0.4) is 0 Å². The monoisotopic (exact) mass is 369 g/mol. The summed E-state index contributed by atoms with van der Waals surface area (Å²) in [4.78, 5) is 54.1. The highest BCUT2D eigenvalue weighted by molar-refractivity contribution is 6.06. The number of nitrogens with zero attached hydrogens (tertiary/aromatic N) is 1. The summed E-state index contributed by atoms with van der Waals surface area (Å²) < 4.78 is 0. The fourth-order valence-corrected chi connectivity index (χ4v) is 3.59. The van der Waals surface area contributed by atoms with E-state index in [1.54, 1.807) is 4.90 Å². The minimum atomic E-state index is -0.736. The van der Waals surface area contributed by atoms with Gasteiger partial charge < -0.3 is 20.5 Å². The fourth-order valence-electron chi connectivity index (χ4n) is 3.59. The van der Waals surface area contributed by atoms with Crippen molar-refractivity contribution < 1.29 is 9.59 Å². The Kier molecular flexibility index (Phi) is 4.06. The van der Waals surface area contributed by atoms with E-state index in [-0.39, 0.29) is 23.8 Å². The van der Waals surface area contributed by atoms with E-state index in [2.05, 4.69) is 20.6 Å². The molecule has 9 heteroatoms. The van der Waals surface area contributed by atoms with Gasteiger partial charge in [0.1, 0.15) is 5.54 Å². The van der Waals surface area contributed by atoms with Gasteiger partial charge >= 0.3 is 5.69 Å². The molecule has 0 atom stereocenters. The smallest absolute Gasteiger partial charge is 0.325 e. The molecular formula is C18H19N5O4. The Morgan fingerprint density at radius 3 is 2.48 bits per heavy atom. The van der Waals surface area contributed by atoms with E-state index in [4.69, 9.17) is 0 Å². The van der Waals surface area contributed by atoms with Gasteiger partial charge in [-0.05, 0) is 25.0 Å². The number of piperidine rings is 1. The number of hydrogen-bond acceptors (Lipinski definition) is 5. The molecule has 0 bridgehead atoms. The molecule has 9 nitrogen and oxygen atoms in total. The topological polar surface area (TPSA) is 127 Å². The molecule has 1 aromatic heterocycles. The largest absolute Gasteiger partial charge is 0.369 e. The second-order valence-corrected chi connectivity index (χ2v) is 6.86. The maximum atomic E-state index is 12.6. The summed E-state index contributed by atoms with van der Waals surface area (Å²) in [5, 5.41) is 6.27. The summed E-state index contributed by atoms with van der Waals surface area (Å²) in [7, 11) is 0.